The summed E-state index contributed by atoms with van der Waals surface area (Å²) in [7, 11) is 0. The average molecular weight is 385 g/mol. The van der Waals surface area contributed by atoms with E-state index in [1.54, 1.807) is 48.8 Å². The molecule has 0 fully saturated rings. The second-order valence-corrected chi connectivity index (χ2v) is 6.26. The zero-order chi connectivity index (χ0) is 20.2. The highest BCUT2D eigenvalue weighted by molar-refractivity contribution is 6.05. The predicted octanol–water partition coefficient (Wildman–Crippen LogP) is 4.18. The first-order valence-electron chi connectivity index (χ1n) is 8.80. The minimum atomic E-state index is -0.380. The van der Waals surface area contributed by atoms with Crippen molar-refractivity contribution in [3.05, 3.63) is 90.6 Å². The minimum Gasteiger partial charge on any atom is -0.396 e. The number of hydrogen-bond donors (Lipinski definition) is 2. The summed E-state index contributed by atoms with van der Waals surface area (Å²) < 4.78 is 13.1. The predicted molar refractivity (Wildman–Crippen MR) is 109 cm³/mol. The Hall–Kier alpha value is -4.13. The number of anilines is 2. The van der Waals surface area contributed by atoms with Gasteiger partial charge in [-0.3, -0.25) is 14.8 Å². The van der Waals surface area contributed by atoms with Crippen molar-refractivity contribution in [2.45, 2.75) is 0 Å². The third kappa shape index (κ3) is 4.08. The highest BCUT2D eigenvalue weighted by atomic mass is 19.1. The molecule has 3 aromatic heterocycles. The third-order valence-corrected chi connectivity index (χ3v) is 4.30. The molecule has 142 valence electrons. The Kier molecular flexibility index (Phi) is 4.94. The van der Waals surface area contributed by atoms with Crippen molar-refractivity contribution in [1.82, 2.24) is 15.0 Å². The van der Waals surface area contributed by atoms with Crippen LogP contribution in [0, 0.1) is 5.82 Å². The van der Waals surface area contributed by atoms with Crippen molar-refractivity contribution in [2.24, 2.45) is 0 Å². The lowest BCUT2D eigenvalue weighted by Crippen LogP contribution is -2.15. The number of nitrogens with two attached hydrogens (primary N) is 1. The first-order chi connectivity index (χ1) is 14.1. The van der Waals surface area contributed by atoms with Crippen LogP contribution in [0.25, 0.3) is 22.5 Å². The summed E-state index contributed by atoms with van der Waals surface area (Å²) in [5.41, 5.74) is 9.58. The quantitative estimate of drug-likeness (QED) is 0.550. The highest BCUT2D eigenvalue weighted by Gasteiger charge is 2.12. The molecule has 0 saturated carbocycles. The summed E-state index contributed by atoms with van der Waals surface area (Å²) in [5.74, 6) is -0.482. The maximum Gasteiger partial charge on any atom is 0.258 e. The molecule has 0 spiro atoms. The molecule has 7 heteroatoms. The number of benzene rings is 1. The molecule has 0 aliphatic rings. The number of hydrogen-bond acceptors (Lipinski definition) is 5. The van der Waals surface area contributed by atoms with Crippen molar-refractivity contribution in [3.63, 3.8) is 0 Å². The number of nitrogens with zero attached hydrogens (tertiary/aromatic N) is 3. The van der Waals surface area contributed by atoms with Crippen LogP contribution in [0.1, 0.15) is 10.4 Å². The van der Waals surface area contributed by atoms with Gasteiger partial charge >= 0.3 is 0 Å². The molecule has 0 saturated heterocycles. The van der Waals surface area contributed by atoms with Crippen LogP contribution in [0.15, 0.2) is 79.3 Å². The third-order valence-electron chi connectivity index (χ3n) is 4.30. The van der Waals surface area contributed by atoms with Crippen LogP contribution in [0.3, 0.4) is 0 Å². The van der Waals surface area contributed by atoms with E-state index in [-0.39, 0.29) is 17.5 Å². The largest absolute Gasteiger partial charge is 0.396 e. The first kappa shape index (κ1) is 18.2. The van der Waals surface area contributed by atoms with Gasteiger partial charge in [-0.05, 0) is 60.7 Å². The normalized spacial score (nSPS) is 10.5. The second-order valence-electron chi connectivity index (χ2n) is 6.26. The fourth-order valence-electron chi connectivity index (χ4n) is 2.75. The Morgan fingerprint density at radius 1 is 0.862 bits per heavy atom. The number of nitrogens with one attached hydrogen (secondary N) is 1. The van der Waals surface area contributed by atoms with Crippen LogP contribution >= 0.6 is 0 Å². The van der Waals surface area contributed by atoms with Crippen molar-refractivity contribution in [1.29, 1.82) is 0 Å². The number of rotatable bonds is 4. The van der Waals surface area contributed by atoms with Crippen molar-refractivity contribution < 1.29 is 9.18 Å². The fraction of sp³-hybridized carbons (Fsp3) is 0. The number of aromatic nitrogens is 3. The van der Waals surface area contributed by atoms with Crippen LogP contribution in [0.2, 0.25) is 0 Å². The van der Waals surface area contributed by atoms with Gasteiger partial charge in [0.2, 0.25) is 0 Å². The summed E-state index contributed by atoms with van der Waals surface area (Å²) in [6, 6.07) is 16.4. The average Bonchev–Trinajstić information content (AvgIpc) is 2.76. The van der Waals surface area contributed by atoms with E-state index >= 15 is 0 Å². The van der Waals surface area contributed by atoms with Crippen molar-refractivity contribution in [3.8, 4) is 22.5 Å². The topological polar surface area (TPSA) is 93.8 Å². The van der Waals surface area contributed by atoms with E-state index < -0.39 is 0 Å². The molecule has 0 aliphatic heterocycles. The molecule has 4 rings (SSSR count). The molecule has 0 atom stereocenters. The fourth-order valence-corrected chi connectivity index (χ4v) is 2.75. The van der Waals surface area contributed by atoms with E-state index in [4.69, 9.17) is 5.73 Å². The van der Waals surface area contributed by atoms with E-state index in [2.05, 4.69) is 20.3 Å². The summed E-state index contributed by atoms with van der Waals surface area (Å²) in [4.78, 5) is 25.3. The zero-order valence-electron chi connectivity index (χ0n) is 15.2. The van der Waals surface area contributed by atoms with Crippen molar-refractivity contribution in [2.75, 3.05) is 11.1 Å². The molecule has 1 aromatic carbocycles. The van der Waals surface area contributed by atoms with Gasteiger partial charge in [0.25, 0.3) is 5.91 Å². The lowest BCUT2D eigenvalue weighted by atomic mass is 10.1. The Bertz CT molecular complexity index is 1150. The molecule has 4 aromatic rings. The van der Waals surface area contributed by atoms with Crippen LogP contribution in [-0.4, -0.2) is 20.9 Å². The van der Waals surface area contributed by atoms with Crippen LogP contribution in [0.5, 0.6) is 0 Å². The van der Waals surface area contributed by atoms with Gasteiger partial charge in [0, 0.05) is 29.7 Å². The summed E-state index contributed by atoms with van der Waals surface area (Å²) >= 11 is 0. The SMILES string of the molecule is Nc1ccc(-c2ccc(F)cc2)nc1NC(=O)c1ccc(-c2ccncc2)nc1. The van der Waals surface area contributed by atoms with Gasteiger partial charge in [-0.2, -0.15) is 0 Å². The van der Waals surface area contributed by atoms with Crippen molar-refractivity contribution >= 4 is 17.4 Å². The van der Waals surface area contributed by atoms with E-state index in [1.807, 2.05) is 12.1 Å². The summed E-state index contributed by atoms with van der Waals surface area (Å²) in [6.07, 6.45) is 4.85. The first-order valence-corrected chi connectivity index (χ1v) is 8.80. The second kappa shape index (κ2) is 7.85. The number of halogens is 1. The van der Waals surface area contributed by atoms with Crippen LogP contribution in [0.4, 0.5) is 15.9 Å². The zero-order valence-corrected chi connectivity index (χ0v) is 15.2. The lowest BCUT2D eigenvalue weighted by molar-refractivity contribution is 0.102. The van der Waals surface area contributed by atoms with Crippen LogP contribution < -0.4 is 11.1 Å². The lowest BCUT2D eigenvalue weighted by Gasteiger charge is -2.10. The molecule has 0 bridgehead atoms. The monoisotopic (exact) mass is 385 g/mol. The molecule has 0 radical (unpaired) electrons. The van der Waals surface area contributed by atoms with Gasteiger partial charge in [-0.1, -0.05) is 0 Å². The Morgan fingerprint density at radius 3 is 2.24 bits per heavy atom. The molecule has 3 N–H and O–H groups in total. The van der Waals surface area contributed by atoms with Gasteiger partial charge in [0.15, 0.2) is 5.82 Å². The standard InChI is InChI=1S/C22H16FN5O/c23-17-4-1-14(2-5-17)20-8-6-18(24)21(27-20)28-22(29)16-3-7-19(26-13-16)15-9-11-25-12-10-15/h1-13H,24H2,(H,27,28,29). The molecular weight excluding hydrogens is 369 g/mol. The number of carbonyl (C=O) groups excluding carboxylic acids is 1. The van der Waals surface area contributed by atoms with E-state index in [0.717, 1.165) is 11.3 Å². The Labute approximate surface area is 166 Å². The Morgan fingerprint density at radius 2 is 1.55 bits per heavy atom. The maximum atomic E-state index is 13.1. The summed E-state index contributed by atoms with van der Waals surface area (Å²) in [5, 5.41) is 2.71. The molecule has 6 nitrogen and oxygen atoms in total. The molecule has 29 heavy (non-hydrogen) atoms. The molecule has 0 unspecified atom stereocenters. The van der Waals surface area contributed by atoms with Gasteiger partial charge in [-0.15, -0.1) is 0 Å². The maximum absolute atomic E-state index is 13.1. The number of carbonyl (C=O) groups is 1. The molecule has 0 aliphatic carbocycles. The number of amides is 1. The van der Waals surface area contributed by atoms with E-state index in [1.165, 1.54) is 18.3 Å². The minimum absolute atomic E-state index is 0.232. The molecule has 1 amide bonds. The molecule has 3 heterocycles. The highest BCUT2D eigenvalue weighted by Crippen LogP contribution is 2.24. The van der Waals surface area contributed by atoms with Gasteiger partial charge in [0.1, 0.15) is 5.82 Å². The Balaban J connectivity index is 1.55. The van der Waals surface area contributed by atoms with Crippen LogP contribution in [-0.2, 0) is 0 Å². The van der Waals surface area contributed by atoms with Gasteiger partial charge in [-0.25, -0.2) is 9.37 Å². The van der Waals surface area contributed by atoms with Gasteiger partial charge < -0.3 is 11.1 Å². The van der Waals surface area contributed by atoms with E-state index in [9.17, 15) is 9.18 Å². The number of pyridine rings is 3. The summed E-state index contributed by atoms with van der Waals surface area (Å²) in [6.45, 7) is 0. The van der Waals surface area contributed by atoms with Gasteiger partial charge in [0.05, 0.1) is 22.6 Å². The molecular formula is C22H16FN5O. The van der Waals surface area contributed by atoms with E-state index in [0.29, 0.717) is 22.5 Å². The number of nitrogen functional groups attached to an aromatic ring is 1. The smallest absolute Gasteiger partial charge is 0.258 e.